The minimum absolute atomic E-state index is 0.0413. The Hall–Kier alpha value is -2.49. The van der Waals surface area contributed by atoms with Crippen molar-refractivity contribution in [2.45, 2.75) is 44.2 Å². The zero-order chi connectivity index (χ0) is 20.6. The third-order valence-electron chi connectivity index (χ3n) is 5.51. The number of alkyl halides is 2. The second-order valence-electron chi connectivity index (χ2n) is 6.96. The number of halogens is 2. The molecule has 1 amide bonds. The summed E-state index contributed by atoms with van der Waals surface area (Å²) in [4.78, 5) is 38.2. The lowest BCUT2D eigenvalue weighted by Gasteiger charge is -2.53. The third kappa shape index (κ3) is 2.86. The Balaban J connectivity index is 2.28. The molecule has 0 aliphatic carbocycles. The summed E-state index contributed by atoms with van der Waals surface area (Å²) in [6.45, 7) is 1.89. The van der Waals surface area contributed by atoms with Crippen LogP contribution in [-0.2, 0) is 4.74 Å². The molecule has 0 unspecified atom stereocenters. The number of carbonyl (C=O) groups excluding carboxylic acids is 1. The van der Waals surface area contributed by atoms with E-state index in [1.165, 1.54) is 7.05 Å². The standard InChI is InChI=1S/C18H22F2N2O6/c1-3-4-6-28-14-12-15(24)21(2)18(17(19)20)5-7-27-9-11(18)22(12)8-10(13(14)23)16(25)26/h8,11,17H,3-7,9H2,1-2H3,(H,25,26)/t11-,18+/m0/s1. The maximum Gasteiger partial charge on any atom is 0.341 e. The van der Waals surface area contributed by atoms with Gasteiger partial charge in [0.15, 0.2) is 11.4 Å². The zero-order valence-electron chi connectivity index (χ0n) is 15.6. The summed E-state index contributed by atoms with van der Waals surface area (Å²) in [6, 6.07) is -1.05. The van der Waals surface area contributed by atoms with Crippen LogP contribution >= 0.6 is 0 Å². The van der Waals surface area contributed by atoms with Gasteiger partial charge in [-0.25, -0.2) is 13.6 Å². The van der Waals surface area contributed by atoms with Crippen LogP contribution < -0.4 is 10.2 Å². The molecule has 154 valence electrons. The van der Waals surface area contributed by atoms with Crippen LogP contribution in [0.4, 0.5) is 8.78 Å². The number of aromatic nitrogens is 1. The average Bonchev–Trinajstić information content (AvgIpc) is 2.66. The van der Waals surface area contributed by atoms with Gasteiger partial charge in [0, 0.05) is 26.3 Å². The smallest absolute Gasteiger partial charge is 0.341 e. The molecule has 2 aliphatic rings. The van der Waals surface area contributed by atoms with E-state index in [0.717, 1.165) is 22.1 Å². The minimum atomic E-state index is -2.89. The van der Waals surface area contributed by atoms with Crippen molar-refractivity contribution in [2.24, 2.45) is 0 Å². The molecule has 0 radical (unpaired) electrons. The maximum absolute atomic E-state index is 14.2. The summed E-state index contributed by atoms with van der Waals surface area (Å²) >= 11 is 0. The van der Waals surface area contributed by atoms with Crippen LogP contribution in [0.2, 0.25) is 0 Å². The van der Waals surface area contributed by atoms with Crippen LogP contribution in [0.25, 0.3) is 0 Å². The summed E-state index contributed by atoms with van der Waals surface area (Å²) in [5.41, 5.74) is -3.66. The molecule has 2 atom stereocenters. The number of pyridine rings is 1. The molecule has 1 aromatic rings. The van der Waals surface area contributed by atoms with Crippen LogP contribution in [-0.4, -0.2) is 65.3 Å². The number of carboxylic acids is 1. The van der Waals surface area contributed by atoms with E-state index in [-0.39, 0.29) is 31.9 Å². The molecule has 2 aliphatic heterocycles. The molecule has 8 nitrogen and oxygen atoms in total. The number of carbonyl (C=O) groups is 2. The average molecular weight is 400 g/mol. The maximum atomic E-state index is 14.2. The number of carboxylic acid groups (broad SMARTS) is 1. The quantitative estimate of drug-likeness (QED) is 0.731. The molecule has 0 bridgehead atoms. The van der Waals surface area contributed by atoms with E-state index in [0.29, 0.717) is 6.42 Å². The Kier molecular flexibility index (Phi) is 5.42. The Morgan fingerprint density at radius 1 is 1.46 bits per heavy atom. The first-order chi connectivity index (χ1) is 13.3. The normalized spacial score (nSPS) is 24.1. The monoisotopic (exact) mass is 400 g/mol. The van der Waals surface area contributed by atoms with Crippen molar-refractivity contribution >= 4 is 11.9 Å². The van der Waals surface area contributed by atoms with E-state index in [4.69, 9.17) is 9.47 Å². The number of hydrogen-bond donors (Lipinski definition) is 1. The Bertz CT molecular complexity index is 855. The van der Waals surface area contributed by atoms with Crippen molar-refractivity contribution in [1.29, 1.82) is 0 Å². The van der Waals surface area contributed by atoms with Gasteiger partial charge < -0.3 is 24.0 Å². The molecule has 0 spiro atoms. The lowest BCUT2D eigenvalue weighted by atomic mass is 9.81. The number of amides is 1. The number of hydrogen-bond acceptors (Lipinski definition) is 5. The van der Waals surface area contributed by atoms with Crippen LogP contribution in [0.3, 0.4) is 0 Å². The van der Waals surface area contributed by atoms with Crippen LogP contribution in [0.15, 0.2) is 11.0 Å². The molecule has 1 N–H and O–H groups in total. The fourth-order valence-electron chi connectivity index (χ4n) is 3.87. The van der Waals surface area contributed by atoms with Crippen molar-refractivity contribution in [1.82, 2.24) is 9.47 Å². The van der Waals surface area contributed by atoms with Crippen molar-refractivity contribution in [3.8, 4) is 5.75 Å². The molecular formula is C18H22F2N2O6. The van der Waals surface area contributed by atoms with Crippen molar-refractivity contribution in [3.63, 3.8) is 0 Å². The number of aromatic carboxylic acids is 1. The largest absolute Gasteiger partial charge is 0.487 e. The number of likely N-dealkylation sites (N-methyl/N-ethyl adjacent to an activating group) is 1. The van der Waals surface area contributed by atoms with Gasteiger partial charge in [-0.15, -0.1) is 0 Å². The second kappa shape index (κ2) is 7.50. The lowest BCUT2D eigenvalue weighted by Crippen LogP contribution is -2.66. The van der Waals surface area contributed by atoms with Gasteiger partial charge in [0.2, 0.25) is 5.43 Å². The molecule has 10 heteroatoms. The van der Waals surface area contributed by atoms with Crippen molar-refractivity contribution in [2.75, 3.05) is 26.9 Å². The van der Waals surface area contributed by atoms with Crippen molar-refractivity contribution < 1.29 is 33.0 Å². The molecule has 1 saturated heterocycles. The highest BCUT2D eigenvalue weighted by Crippen LogP contribution is 2.45. The molecule has 28 heavy (non-hydrogen) atoms. The van der Waals surface area contributed by atoms with Gasteiger partial charge in [-0.1, -0.05) is 13.3 Å². The van der Waals surface area contributed by atoms with Gasteiger partial charge in [-0.3, -0.25) is 9.59 Å². The second-order valence-corrected chi connectivity index (χ2v) is 6.96. The highest BCUT2D eigenvalue weighted by atomic mass is 19.3. The van der Waals surface area contributed by atoms with E-state index in [1.54, 1.807) is 0 Å². The number of fused-ring (bicyclic) bond motifs is 3. The summed E-state index contributed by atoms with van der Waals surface area (Å²) in [7, 11) is 1.27. The molecule has 0 aromatic carbocycles. The van der Waals surface area contributed by atoms with Crippen molar-refractivity contribution in [3.05, 3.63) is 27.7 Å². The third-order valence-corrected chi connectivity index (χ3v) is 5.51. The van der Waals surface area contributed by atoms with Gasteiger partial charge in [0.1, 0.15) is 11.1 Å². The fraction of sp³-hybridized carbons (Fsp3) is 0.611. The molecule has 1 fully saturated rings. The van der Waals surface area contributed by atoms with Gasteiger partial charge in [-0.2, -0.15) is 0 Å². The van der Waals surface area contributed by atoms with Crippen LogP contribution in [0.1, 0.15) is 53.1 Å². The summed E-state index contributed by atoms with van der Waals surface area (Å²) < 4.78 is 40.3. The van der Waals surface area contributed by atoms with Gasteiger partial charge in [-0.05, 0) is 6.42 Å². The first-order valence-electron chi connectivity index (χ1n) is 9.06. The zero-order valence-corrected chi connectivity index (χ0v) is 15.6. The van der Waals surface area contributed by atoms with Crippen LogP contribution in [0, 0.1) is 0 Å². The highest BCUT2D eigenvalue weighted by Gasteiger charge is 2.58. The molecular weight excluding hydrogens is 378 g/mol. The Morgan fingerprint density at radius 2 is 2.18 bits per heavy atom. The molecule has 0 saturated carbocycles. The minimum Gasteiger partial charge on any atom is -0.487 e. The number of ether oxygens (including phenoxy) is 2. The van der Waals surface area contributed by atoms with Gasteiger partial charge in [0.25, 0.3) is 12.3 Å². The van der Waals surface area contributed by atoms with E-state index in [9.17, 15) is 28.3 Å². The lowest BCUT2D eigenvalue weighted by molar-refractivity contribution is -0.129. The van der Waals surface area contributed by atoms with E-state index in [2.05, 4.69) is 0 Å². The van der Waals surface area contributed by atoms with Gasteiger partial charge in [0.05, 0.1) is 19.3 Å². The fourth-order valence-corrected chi connectivity index (χ4v) is 3.87. The summed E-state index contributed by atoms with van der Waals surface area (Å²) in [5.74, 6) is -2.75. The first kappa shape index (κ1) is 20.2. The predicted octanol–water partition coefficient (Wildman–Crippen LogP) is 1.78. The van der Waals surface area contributed by atoms with E-state index >= 15 is 0 Å². The van der Waals surface area contributed by atoms with Crippen LogP contribution in [0.5, 0.6) is 5.75 Å². The molecule has 3 heterocycles. The topological polar surface area (TPSA) is 98.1 Å². The predicted molar refractivity (Wildman–Crippen MR) is 93.4 cm³/mol. The van der Waals surface area contributed by atoms with E-state index in [1.807, 2.05) is 6.92 Å². The molecule has 1 aromatic heterocycles. The Labute approximate surface area is 159 Å². The highest BCUT2D eigenvalue weighted by molar-refractivity contribution is 5.98. The number of unbranched alkanes of at least 4 members (excludes halogenated alkanes) is 1. The molecule has 3 rings (SSSR count). The number of nitrogens with zero attached hydrogens (tertiary/aromatic N) is 2. The van der Waals surface area contributed by atoms with Gasteiger partial charge >= 0.3 is 5.97 Å². The number of rotatable bonds is 6. The first-order valence-corrected chi connectivity index (χ1v) is 9.06. The summed E-state index contributed by atoms with van der Waals surface area (Å²) in [5, 5.41) is 9.41. The SMILES string of the molecule is CCCCOc1c2n(cc(C(=O)O)c1=O)[C@H]1COCC[C@@]1(C(F)F)N(C)C2=O. The van der Waals surface area contributed by atoms with E-state index < -0.39 is 46.6 Å². The Morgan fingerprint density at radius 3 is 2.79 bits per heavy atom. The summed E-state index contributed by atoms with van der Waals surface area (Å²) in [6.07, 6.45) is -0.721.